The van der Waals surface area contributed by atoms with E-state index in [2.05, 4.69) is 5.32 Å². The SMILES string of the molecule is Cc1ccc(C(=O)Nc2cccc(C(=O)N3CCCC3)c2)cc1. The minimum absolute atomic E-state index is 0.0361. The molecule has 0 atom stereocenters. The highest BCUT2D eigenvalue weighted by Gasteiger charge is 2.19. The number of hydrogen-bond acceptors (Lipinski definition) is 2. The summed E-state index contributed by atoms with van der Waals surface area (Å²) in [5, 5.41) is 2.85. The predicted octanol–water partition coefficient (Wildman–Crippen LogP) is 3.48. The van der Waals surface area contributed by atoms with E-state index < -0.39 is 0 Å². The molecule has 1 N–H and O–H groups in total. The predicted molar refractivity (Wildman–Crippen MR) is 90.7 cm³/mol. The zero-order valence-electron chi connectivity index (χ0n) is 13.2. The molecule has 2 aromatic carbocycles. The lowest BCUT2D eigenvalue weighted by Crippen LogP contribution is -2.27. The van der Waals surface area contributed by atoms with Crippen LogP contribution in [0.1, 0.15) is 39.1 Å². The topological polar surface area (TPSA) is 49.4 Å². The first-order valence-electron chi connectivity index (χ1n) is 7.91. The Hall–Kier alpha value is -2.62. The second-order valence-electron chi connectivity index (χ2n) is 5.90. The molecule has 0 radical (unpaired) electrons. The van der Waals surface area contributed by atoms with E-state index in [4.69, 9.17) is 0 Å². The fraction of sp³-hybridized carbons (Fsp3) is 0.263. The van der Waals surface area contributed by atoms with E-state index in [0.717, 1.165) is 31.5 Å². The van der Waals surface area contributed by atoms with Crippen LogP contribution >= 0.6 is 0 Å². The summed E-state index contributed by atoms with van der Waals surface area (Å²) in [6, 6.07) is 14.5. The number of carbonyl (C=O) groups is 2. The summed E-state index contributed by atoms with van der Waals surface area (Å²) in [6.07, 6.45) is 2.13. The molecule has 4 heteroatoms. The van der Waals surface area contributed by atoms with Crippen molar-refractivity contribution in [1.82, 2.24) is 4.90 Å². The van der Waals surface area contributed by atoms with Crippen molar-refractivity contribution >= 4 is 17.5 Å². The normalized spacial score (nSPS) is 13.9. The van der Waals surface area contributed by atoms with E-state index >= 15 is 0 Å². The number of nitrogens with zero attached hydrogens (tertiary/aromatic N) is 1. The first-order valence-corrected chi connectivity index (χ1v) is 7.91. The summed E-state index contributed by atoms with van der Waals surface area (Å²) >= 11 is 0. The van der Waals surface area contributed by atoms with Gasteiger partial charge in [-0.15, -0.1) is 0 Å². The molecule has 3 rings (SSSR count). The van der Waals surface area contributed by atoms with Crippen LogP contribution in [0.2, 0.25) is 0 Å². The molecule has 2 aromatic rings. The van der Waals surface area contributed by atoms with Crippen LogP contribution < -0.4 is 5.32 Å². The largest absolute Gasteiger partial charge is 0.339 e. The van der Waals surface area contributed by atoms with Gasteiger partial charge in [0.1, 0.15) is 0 Å². The van der Waals surface area contributed by atoms with E-state index in [1.165, 1.54) is 0 Å². The van der Waals surface area contributed by atoms with Gasteiger partial charge in [-0.05, 0) is 50.1 Å². The van der Waals surface area contributed by atoms with E-state index in [0.29, 0.717) is 16.8 Å². The van der Waals surface area contributed by atoms with Crippen LogP contribution in [-0.2, 0) is 0 Å². The summed E-state index contributed by atoms with van der Waals surface area (Å²) < 4.78 is 0. The van der Waals surface area contributed by atoms with Crippen molar-refractivity contribution in [3.63, 3.8) is 0 Å². The number of aryl methyl sites for hydroxylation is 1. The Kier molecular flexibility index (Phi) is 4.42. The Morgan fingerprint density at radius 2 is 1.65 bits per heavy atom. The van der Waals surface area contributed by atoms with Gasteiger partial charge in [0.15, 0.2) is 0 Å². The molecule has 23 heavy (non-hydrogen) atoms. The van der Waals surface area contributed by atoms with Crippen molar-refractivity contribution < 1.29 is 9.59 Å². The number of rotatable bonds is 3. The van der Waals surface area contributed by atoms with Crippen LogP contribution in [0.3, 0.4) is 0 Å². The van der Waals surface area contributed by atoms with Gasteiger partial charge in [-0.25, -0.2) is 0 Å². The molecule has 2 amide bonds. The lowest BCUT2D eigenvalue weighted by Gasteiger charge is -2.15. The zero-order valence-corrected chi connectivity index (χ0v) is 13.2. The maximum atomic E-state index is 12.4. The number of amides is 2. The molecule has 118 valence electrons. The third-order valence-corrected chi connectivity index (χ3v) is 4.07. The molecule has 1 saturated heterocycles. The van der Waals surface area contributed by atoms with Gasteiger partial charge in [-0.3, -0.25) is 9.59 Å². The standard InChI is InChI=1S/C19H20N2O2/c1-14-7-9-15(10-8-14)18(22)20-17-6-4-5-16(13-17)19(23)21-11-2-3-12-21/h4-10,13H,2-3,11-12H2,1H3,(H,20,22). The fourth-order valence-electron chi connectivity index (χ4n) is 2.74. The molecule has 0 spiro atoms. The first kappa shape index (κ1) is 15.3. The van der Waals surface area contributed by atoms with Gasteiger partial charge in [-0.1, -0.05) is 23.8 Å². The molecule has 1 aliphatic rings. The van der Waals surface area contributed by atoms with E-state index in [1.54, 1.807) is 36.4 Å². The van der Waals surface area contributed by atoms with Crippen LogP contribution in [-0.4, -0.2) is 29.8 Å². The van der Waals surface area contributed by atoms with Crippen molar-refractivity contribution in [3.8, 4) is 0 Å². The van der Waals surface area contributed by atoms with Gasteiger partial charge in [-0.2, -0.15) is 0 Å². The van der Waals surface area contributed by atoms with Crippen molar-refractivity contribution in [2.24, 2.45) is 0 Å². The average Bonchev–Trinajstić information content (AvgIpc) is 3.09. The maximum Gasteiger partial charge on any atom is 0.255 e. The molecule has 0 aromatic heterocycles. The number of likely N-dealkylation sites (tertiary alicyclic amines) is 1. The zero-order chi connectivity index (χ0) is 16.2. The van der Waals surface area contributed by atoms with Gasteiger partial charge < -0.3 is 10.2 Å². The van der Waals surface area contributed by atoms with E-state index in [-0.39, 0.29) is 11.8 Å². The van der Waals surface area contributed by atoms with E-state index in [1.807, 2.05) is 24.0 Å². The number of benzene rings is 2. The second-order valence-corrected chi connectivity index (χ2v) is 5.90. The van der Waals surface area contributed by atoms with Crippen molar-refractivity contribution in [3.05, 3.63) is 65.2 Å². The van der Waals surface area contributed by atoms with Crippen molar-refractivity contribution in [1.29, 1.82) is 0 Å². The number of hydrogen-bond donors (Lipinski definition) is 1. The monoisotopic (exact) mass is 308 g/mol. The maximum absolute atomic E-state index is 12.4. The molecule has 0 aliphatic carbocycles. The van der Waals surface area contributed by atoms with Crippen LogP contribution in [0.4, 0.5) is 5.69 Å². The molecule has 4 nitrogen and oxygen atoms in total. The fourth-order valence-corrected chi connectivity index (χ4v) is 2.74. The highest BCUT2D eigenvalue weighted by molar-refractivity contribution is 6.05. The Morgan fingerprint density at radius 3 is 2.35 bits per heavy atom. The highest BCUT2D eigenvalue weighted by Crippen LogP contribution is 2.17. The summed E-state index contributed by atoms with van der Waals surface area (Å²) in [7, 11) is 0. The van der Waals surface area contributed by atoms with Crippen LogP contribution in [0.15, 0.2) is 48.5 Å². The Morgan fingerprint density at radius 1 is 0.957 bits per heavy atom. The van der Waals surface area contributed by atoms with E-state index in [9.17, 15) is 9.59 Å². The van der Waals surface area contributed by atoms with Gasteiger partial charge in [0.25, 0.3) is 11.8 Å². The Bertz CT molecular complexity index is 716. The molecule has 0 bridgehead atoms. The quantitative estimate of drug-likeness (QED) is 0.943. The van der Waals surface area contributed by atoms with Gasteiger partial charge >= 0.3 is 0 Å². The second kappa shape index (κ2) is 6.65. The van der Waals surface area contributed by atoms with Gasteiger partial charge in [0.2, 0.25) is 0 Å². The van der Waals surface area contributed by atoms with Gasteiger partial charge in [0, 0.05) is 29.9 Å². The Labute approximate surface area is 136 Å². The molecule has 1 fully saturated rings. The summed E-state index contributed by atoms with van der Waals surface area (Å²) in [5.74, 6) is -0.135. The Balaban J connectivity index is 1.73. The smallest absolute Gasteiger partial charge is 0.255 e. The lowest BCUT2D eigenvalue weighted by atomic mass is 10.1. The summed E-state index contributed by atoms with van der Waals surface area (Å²) in [5.41, 5.74) is 2.97. The van der Waals surface area contributed by atoms with Crippen molar-refractivity contribution in [2.75, 3.05) is 18.4 Å². The highest BCUT2D eigenvalue weighted by atomic mass is 16.2. The molecule has 0 saturated carbocycles. The molecule has 0 unspecified atom stereocenters. The minimum Gasteiger partial charge on any atom is -0.339 e. The minimum atomic E-state index is -0.171. The molecular weight excluding hydrogens is 288 g/mol. The van der Waals surface area contributed by atoms with Crippen LogP contribution in [0, 0.1) is 6.92 Å². The van der Waals surface area contributed by atoms with Crippen molar-refractivity contribution in [2.45, 2.75) is 19.8 Å². The number of anilines is 1. The molecule has 1 aliphatic heterocycles. The van der Waals surface area contributed by atoms with Crippen LogP contribution in [0.25, 0.3) is 0 Å². The summed E-state index contributed by atoms with van der Waals surface area (Å²) in [4.78, 5) is 26.5. The summed E-state index contributed by atoms with van der Waals surface area (Å²) in [6.45, 7) is 3.62. The number of nitrogens with one attached hydrogen (secondary N) is 1. The average molecular weight is 308 g/mol. The number of carbonyl (C=O) groups excluding carboxylic acids is 2. The first-order chi connectivity index (χ1) is 11.1. The molecular formula is C19H20N2O2. The lowest BCUT2D eigenvalue weighted by molar-refractivity contribution is 0.0792. The van der Waals surface area contributed by atoms with Gasteiger partial charge in [0.05, 0.1) is 0 Å². The third kappa shape index (κ3) is 3.59. The molecule has 1 heterocycles. The third-order valence-electron chi connectivity index (χ3n) is 4.07. The van der Waals surface area contributed by atoms with Crippen LogP contribution in [0.5, 0.6) is 0 Å².